The zero-order valence-electron chi connectivity index (χ0n) is 9.28. The lowest BCUT2D eigenvalue weighted by atomic mass is 10.5. The summed E-state index contributed by atoms with van der Waals surface area (Å²) in [5.74, 6) is 6.06. The first-order chi connectivity index (χ1) is 7.13. The molecule has 0 heterocycles. The SMILES string of the molecule is CC(=O)CSCCSCCSCC(C)=O. The van der Waals surface area contributed by atoms with Crippen LogP contribution in [0.1, 0.15) is 13.8 Å². The molecule has 0 spiro atoms. The van der Waals surface area contributed by atoms with Gasteiger partial charge in [0.25, 0.3) is 0 Å². The van der Waals surface area contributed by atoms with Gasteiger partial charge in [-0.15, -0.1) is 0 Å². The fourth-order valence-electron chi connectivity index (χ4n) is 0.770. The average Bonchev–Trinajstić information content (AvgIpc) is 2.14. The van der Waals surface area contributed by atoms with Crippen LogP contribution in [0.5, 0.6) is 0 Å². The maximum atomic E-state index is 10.6. The Morgan fingerprint density at radius 2 is 1.07 bits per heavy atom. The fraction of sp³-hybridized carbons (Fsp3) is 0.800. The van der Waals surface area contributed by atoms with Crippen LogP contribution in [-0.2, 0) is 9.59 Å². The second kappa shape index (κ2) is 10.9. The molecule has 0 unspecified atom stereocenters. The standard InChI is InChI=1S/C10H18O2S3/c1-9(11)7-14-5-3-13-4-6-15-8-10(2)12/h3-8H2,1-2H3. The molecule has 5 heteroatoms. The van der Waals surface area contributed by atoms with Crippen LogP contribution in [0.4, 0.5) is 0 Å². The second-order valence-electron chi connectivity index (χ2n) is 3.12. The molecule has 0 aliphatic carbocycles. The number of hydrogen-bond donors (Lipinski definition) is 0. The van der Waals surface area contributed by atoms with Crippen molar-refractivity contribution < 1.29 is 9.59 Å². The van der Waals surface area contributed by atoms with E-state index in [0.717, 1.165) is 23.0 Å². The molecule has 0 radical (unpaired) electrons. The van der Waals surface area contributed by atoms with Crippen molar-refractivity contribution in [1.29, 1.82) is 0 Å². The van der Waals surface area contributed by atoms with Crippen LogP contribution < -0.4 is 0 Å². The van der Waals surface area contributed by atoms with Crippen molar-refractivity contribution in [1.82, 2.24) is 0 Å². The average molecular weight is 266 g/mol. The molecule has 0 amide bonds. The number of hydrogen-bond acceptors (Lipinski definition) is 5. The van der Waals surface area contributed by atoms with E-state index in [4.69, 9.17) is 0 Å². The van der Waals surface area contributed by atoms with Crippen LogP contribution >= 0.6 is 35.3 Å². The second-order valence-corrected chi connectivity index (χ2v) is 6.56. The van der Waals surface area contributed by atoms with Crippen LogP contribution in [0, 0.1) is 0 Å². The molecule has 0 rings (SSSR count). The summed E-state index contributed by atoms with van der Waals surface area (Å²) < 4.78 is 0. The smallest absolute Gasteiger partial charge is 0.139 e. The summed E-state index contributed by atoms with van der Waals surface area (Å²) in [5.41, 5.74) is 0. The molecule has 0 aromatic rings. The number of ketones is 2. The quantitative estimate of drug-likeness (QED) is 0.567. The van der Waals surface area contributed by atoms with Gasteiger partial charge in [0.15, 0.2) is 0 Å². The van der Waals surface area contributed by atoms with E-state index in [2.05, 4.69) is 0 Å². The zero-order valence-corrected chi connectivity index (χ0v) is 11.7. The minimum atomic E-state index is 0.252. The lowest BCUT2D eigenvalue weighted by molar-refractivity contribution is -0.115. The Labute approximate surface area is 105 Å². The maximum Gasteiger partial charge on any atom is 0.139 e. The summed E-state index contributed by atoms with van der Waals surface area (Å²) >= 11 is 5.29. The minimum absolute atomic E-state index is 0.252. The highest BCUT2D eigenvalue weighted by molar-refractivity contribution is 8.04. The van der Waals surface area contributed by atoms with Crippen LogP contribution in [0.15, 0.2) is 0 Å². The highest BCUT2D eigenvalue weighted by Gasteiger charge is 1.96. The van der Waals surface area contributed by atoms with Crippen LogP contribution in [0.2, 0.25) is 0 Å². The molecule has 0 atom stereocenters. The molecule has 15 heavy (non-hydrogen) atoms. The number of carbonyl (C=O) groups excluding carboxylic acids is 2. The van der Waals surface area contributed by atoms with Gasteiger partial charge in [-0.3, -0.25) is 9.59 Å². The summed E-state index contributed by atoms with van der Waals surface area (Å²) in [7, 11) is 0. The molecule has 0 N–H and O–H groups in total. The molecule has 0 fully saturated rings. The monoisotopic (exact) mass is 266 g/mol. The van der Waals surface area contributed by atoms with E-state index < -0.39 is 0 Å². The third kappa shape index (κ3) is 14.4. The molecule has 0 aliphatic rings. The van der Waals surface area contributed by atoms with Gasteiger partial charge in [0, 0.05) is 23.0 Å². The summed E-state index contributed by atoms with van der Waals surface area (Å²) in [5, 5.41) is 0. The van der Waals surface area contributed by atoms with Gasteiger partial charge in [0.1, 0.15) is 11.6 Å². The lowest BCUT2D eigenvalue weighted by Gasteiger charge is -2.00. The largest absolute Gasteiger partial charge is 0.299 e. The van der Waals surface area contributed by atoms with Crippen molar-refractivity contribution in [3.63, 3.8) is 0 Å². The first-order valence-corrected chi connectivity index (χ1v) is 8.31. The van der Waals surface area contributed by atoms with Crippen molar-refractivity contribution in [2.45, 2.75) is 13.8 Å². The topological polar surface area (TPSA) is 34.1 Å². The molecular formula is C10H18O2S3. The van der Waals surface area contributed by atoms with E-state index in [-0.39, 0.29) is 11.6 Å². The van der Waals surface area contributed by atoms with Crippen molar-refractivity contribution in [2.75, 3.05) is 34.5 Å². The maximum absolute atomic E-state index is 10.6. The van der Waals surface area contributed by atoms with E-state index in [0.29, 0.717) is 11.5 Å². The Hall–Kier alpha value is 0.390. The fourth-order valence-corrected chi connectivity index (χ4v) is 3.72. The third-order valence-electron chi connectivity index (χ3n) is 1.35. The molecule has 0 saturated carbocycles. The van der Waals surface area contributed by atoms with E-state index in [9.17, 15) is 9.59 Å². The van der Waals surface area contributed by atoms with Gasteiger partial charge in [-0.2, -0.15) is 35.3 Å². The molecule has 0 aliphatic heterocycles. The van der Waals surface area contributed by atoms with Crippen LogP contribution in [-0.4, -0.2) is 46.1 Å². The molecule has 2 nitrogen and oxygen atoms in total. The van der Waals surface area contributed by atoms with Crippen molar-refractivity contribution in [3.05, 3.63) is 0 Å². The number of carbonyl (C=O) groups is 2. The van der Waals surface area contributed by atoms with Gasteiger partial charge in [0.05, 0.1) is 11.5 Å². The zero-order chi connectivity index (χ0) is 11.5. The molecule has 0 aromatic carbocycles. The Balaban J connectivity index is 2.99. The number of thioether (sulfide) groups is 3. The number of Topliss-reactive ketones (excluding diaryl/α,β-unsaturated/α-hetero) is 2. The van der Waals surface area contributed by atoms with Crippen LogP contribution in [0.25, 0.3) is 0 Å². The van der Waals surface area contributed by atoms with Gasteiger partial charge < -0.3 is 0 Å². The highest BCUT2D eigenvalue weighted by Crippen LogP contribution is 2.10. The summed E-state index contributed by atoms with van der Waals surface area (Å²) in [6, 6.07) is 0. The Kier molecular flexibility index (Phi) is 11.2. The van der Waals surface area contributed by atoms with Crippen molar-refractivity contribution in [2.24, 2.45) is 0 Å². The minimum Gasteiger partial charge on any atom is -0.299 e. The van der Waals surface area contributed by atoms with Gasteiger partial charge in [-0.05, 0) is 13.8 Å². The summed E-state index contributed by atoms with van der Waals surface area (Å²) in [6.45, 7) is 3.25. The predicted molar refractivity (Wildman–Crippen MR) is 73.3 cm³/mol. The summed E-state index contributed by atoms with van der Waals surface area (Å²) in [6.07, 6.45) is 0. The van der Waals surface area contributed by atoms with Gasteiger partial charge in [0.2, 0.25) is 0 Å². The Bertz CT molecular complexity index is 175. The summed E-state index contributed by atoms with van der Waals surface area (Å²) in [4.78, 5) is 21.2. The molecule has 0 bridgehead atoms. The Morgan fingerprint density at radius 3 is 1.40 bits per heavy atom. The van der Waals surface area contributed by atoms with Gasteiger partial charge in [-0.25, -0.2) is 0 Å². The van der Waals surface area contributed by atoms with Crippen LogP contribution in [0.3, 0.4) is 0 Å². The van der Waals surface area contributed by atoms with Gasteiger partial charge >= 0.3 is 0 Å². The van der Waals surface area contributed by atoms with E-state index >= 15 is 0 Å². The highest BCUT2D eigenvalue weighted by atomic mass is 32.2. The third-order valence-corrected chi connectivity index (χ3v) is 5.06. The predicted octanol–water partition coefficient (Wildman–Crippen LogP) is 2.36. The first-order valence-electron chi connectivity index (χ1n) is 4.85. The van der Waals surface area contributed by atoms with Crippen molar-refractivity contribution >= 4 is 46.9 Å². The Morgan fingerprint density at radius 1 is 0.733 bits per heavy atom. The van der Waals surface area contributed by atoms with E-state index in [1.165, 1.54) is 0 Å². The van der Waals surface area contributed by atoms with E-state index in [1.54, 1.807) is 37.4 Å². The molecule has 0 aromatic heterocycles. The molecule has 0 saturated heterocycles. The first kappa shape index (κ1) is 15.4. The number of rotatable bonds is 10. The van der Waals surface area contributed by atoms with Crippen molar-refractivity contribution in [3.8, 4) is 0 Å². The van der Waals surface area contributed by atoms with E-state index in [1.807, 2.05) is 11.8 Å². The normalized spacial score (nSPS) is 10.3. The molecular weight excluding hydrogens is 248 g/mol. The molecule has 88 valence electrons. The van der Waals surface area contributed by atoms with Gasteiger partial charge in [-0.1, -0.05) is 0 Å². The lowest BCUT2D eigenvalue weighted by Crippen LogP contribution is -1.98.